The molecular formula is C10H15N5O. The molecule has 0 aliphatic carbocycles. The van der Waals surface area contributed by atoms with Crippen molar-refractivity contribution in [1.82, 2.24) is 24.8 Å². The van der Waals surface area contributed by atoms with E-state index < -0.39 is 0 Å². The molecule has 1 N–H and O–H groups in total. The van der Waals surface area contributed by atoms with Crippen LogP contribution in [0.25, 0.3) is 0 Å². The molecule has 0 unspecified atom stereocenters. The van der Waals surface area contributed by atoms with Gasteiger partial charge in [-0.15, -0.1) is 5.10 Å². The first-order valence-electron chi connectivity index (χ1n) is 5.25. The molecule has 6 nitrogen and oxygen atoms in total. The molecule has 0 bridgehead atoms. The zero-order chi connectivity index (χ0) is 11.4. The second-order valence-electron chi connectivity index (χ2n) is 3.76. The predicted octanol–water partition coefficient (Wildman–Crippen LogP) is -0.0152. The van der Waals surface area contributed by atoms with Gasteiger partial charge in [-0.3, -0.25) is 4.68 Å². The van der Waals surface area contributed by atoms with Gasteiger partial charge in [0.2, 0.25) is 0 Å². The highest BCUT2D eigenvalue weighted by molar-refractivity contribution is 5.04. The van der Waals surface area contributed by atoms with Crippen molar-refractivity contribution in [2.45, 2.75) is 19.4 Å². The molecule has 2 heterocycles. The lowest BCUT2D eigenvalue weighted by atomic mass is 10.2. The third-order valence-corrected chi connectivity index (χ3v) is 2.28. The molecule has 0 spiro atoms. The molecule has 0 saturated heterocycles. The van der Waals surface area contributed by atoms with Crippen molar-refractivity contribution >= 4 is 0 Å². The van der Waals surface area contributed by atoms with Crippen LogP contribution >= 0.6 is 0 Å². The summed E-state index contributed by atoms with van der Waals surface area (Å²) >= 11 is 0. The first-order chi connectivity index (χ1) is 7.78. The van der Waals surface area contributed by atoms with E-state index >= 15 is 0 Å². The molecule has 2 aromatic heterocycles. The van der Waals surface area contributed by atoms with Crippen molar-refractivity contribution in [2.75, 3.05) is 6.61 Å². The summed E-state index contributed by atoms with van der Waals surface area (Å²) in [5.41, 5.74) is 2.01. The first-order valence-corrected chi connectivity index (χ1v) is 5.25. The van der Waals surface area contributed by atoms with Crippen LogP contribution < -0.4 is 0 Å². The molecule has 2 rings (SSSR count). The summed E-state index contributed by atoms with van der Waals surface area (Å²) in [6.45, 7) is 0.870. The van der Waals surface area contributed by atoms with Gasteiger partial charge in [0.05, 0.1) is 18.4 Å². The van der Waals surface area contributed by atoms with Gasteiger partial charge >= 0.3 is 0 Å². The summed E-state index contributed by atoms with van der Waals surface area (Å²) < 4.78 is 3.54. The van der Waals surface area contributed by atoms with Gasteiger partial charge < -0.3 is 5.11 Å². The zero-order valence-corrected chi connectivity index (χ0v) is 9.24. The minimum absolute atomic E-state index is 0.190. The third-order valence-electron chi connectivity index (χ3n) is 2.28. The van der Waals surface area contributed by atoms with Crippen LogP contribution in [-0.2, 0) is 20.0 Å². The van der Waals surface area contributed by atoms with Gasteiger partial charge in [-0.2, -0.15) is 5.10 Å². The maximum atomic E-state index is 8.71. The fraction of sp³-hybridized carbons (Fsp3) is 0.500. The van der Waals surface area contributed by atoms with Crippen LogP contribution in [0, 0.1) is 0 Å². The van der Waals surface area contributed by atoms with Crippen molar-refractivity contribution in [1.29, 1.82) is 0 Å². The highest BCUT2D eigenvalue weighted by Crippen LogP contribution is 2.02. The molecule has 0 aliphatic heterocycles. The lowest BCUT2D eigenvalue weighted by molar-refractivity contribution is 0.288. The Labute approximate surface area is 93.5 Å². The second-order valence-corrected chi connectivity index (χ2v) is 3.76. The van der Waals surface area contributed by atoms with Crippen molar-refractivity contribution < 1.29 is 5.11 Å². The monoisotopic (exact) mass is 221 g/mol. The molecule has 2 aromatic rings. The van der Waals surface area contributed by atoms with Gasteiger partial charge in [0.25, 0.3) is 0 Å². The number of aryl methyl sites for hydroxylation is 2. The fourth-order valence-corrected chi connectivity index (χ4v) is 1.53. The van der Waals surface area contributed by atoms with E-state index in [1.165, 1.54) is 0 Å². The number of aliphatic hydroxyl groups excluding tert-OH is 1. The summed E-state index contributed by atoms with van der Waals surface area (Å²) in [7, 11) is 1.89. The van der Waals surface area contributed by atoms with Crippen LogP contribution in [0.2, 0.25) is 0 Å². The smallest absolute Gasteiger partial charge is 0.0828 e. The van der Waals surface area contributed by atoms with E-state index in [1.807, 2.05) is 25.6 Å². The normalized spacial score (nSPS) is 10.9. The van der Waals surface area contributed by atoms with Crippen LogP contribution in [0.4, 0.5) is 0 Å². The molecule has 86 valence electrons. The summed E-state index contributed by atoms with van der Waals surface area (Å²) in [6, 6.07) is 0. The third kappa shape index (κ3) is 2.66. The van der Waals surface area contributed by atoms with Crippen molar-refractivity contribution in [2.24, 2.45) is 7.05 Å². The van der Waals surface area contributed by atoms with E-state index in [1.54, 1.807) is 9.36 Å². The molecular weight excluding hydrogens is 206 g/mol. The van der Waals surface area contributed by atoms with Gasteiger partial charge in [-0.25, -0.2) is 4.68 Å². The average molecular weight is 221 g/mol. The van der Waals surface area contributed by atoms with Gasteiger partial charge in [-0.1, -0.05) is 5.21 Å². The summed E-state index contributed by atoms with van der Waals surface area (Å²) in [6.07, 6.45) is 7.17. The molecule has 0 aromatic carbocycles. The Bertz CT molecular complexity index is 448. The van der Waals surface area contributed by atoms with Crippen molar-refractivity contribution in [3.05, 3.63) is 29.8 Å². The Kier molecular flexibility index (Phi) is 3.31. The van der Waals surface area contributed by atoms with Crippen LogP contribution in [0.3, 0.4) is 0 Å². The largest absolute Gasteiger partial charge is 0.396 e. The molecule has 0 amide bonds. The number of aromatic nitrogens is 5. The Morgan fingerprint density at radius 2 is 2.25 bits per heavy atom. The molecule has 0 fully saturated rings. The average Bonchev–Trinajstić information content (AvgIpc) is 2.86. The van der Waals surface area contributed by atoms with E-state index in [-0.39, 0.29) is 6.61 Å². The summed E-state index contributed by atoms with van der Waals surface area (Å²) in [4.78, 5) is 0. The number of nitrogens with zero attached hydrogens (tertiary/aromatic N) is 5. The molecule has 6 heteroatoms. The van der Waals surface area contributed by atoms with Crippen LogP contribution in [-0.4, -0.2) is 36.5 Å². The van der Waals surface area contributed by atoms with E-state index in [2.05, 4.69) is 15.4 Å². The second kappa shape index (κ2) is 4.89. The maximum absolute atomic E-state index is 8.71. The Hall–Kier alpha value is -1.69. The van der Waals surface area contributed by atoms with E-state index in [0.29, 0.717) is 6.54 Å². The topological polar surface area (TPSA) is 68.8 Å². The molecule has 0 aliphatic rings. The quantitative estimate of drug-likeness (QED) is 0.770. The predicted molar refractivity (Wildman–Crippen MR) is 57.7 cm³/mol. The SMILES string of the molecule is Cn1cc(Cn2cc(CCCO)nn2)cn1. The van der Waals surface area contributed by atoms with E-state index in [9.17, 15) is 0 Å². The molecule has 0 radical (unpaired) electrons. The van der Waals surface area contributed by atoms with Gasteiger partial charge in [-0.05, 0) is 12.8 Å². The van der Waals surface area contributed by atoms with Crippen molar-refractivity contribution in [3.63, 3.8) is 0 Å². The van der Waals surface area contributed by atoms with E-state index in [4.69, 9.17) is 5.11 Å². The lowest BCUT2D eigenvalue weighted by Gasteiger charge is -1.95. The maximum Gasteiger partial charge on any atom is 0.0828 e. The minimum atomic E-state index is 0.190. The number of rotatable bonds is 5. The number of hydrogen-bond acceptors (Lipinski definition) is 4. The van der Waals surface area contributed by atoms with Gasteiger partial charge in [0.1, 0.15) is 0 Å². The van der Waals surface area contributed by atoms with Crippen LogP contribution in [0.5, 0.6) is 0 Å². The Morgan fingerprint density at radius 1 is 1.38 bits per heavy atom. The Morgan fingerprint density at radius 3 is 2.94 bits per heavy atom. The van der Waals surface area contributed by atoms with E-state index in [0.717, 1.165) is 24.1 Å². The summed E-state index contributed by atoms with van der Waals surface area (Å²) in [5, 5.41) is 20.9. The van der Waals surface area contributed by atoms with Crippen LogP contribution in [0.15, 0.2) is 18.6 Å². The standard InChI is InChI=1S/C10H15N5O/c1-14-6-9(5-11-14)7-15-8-10(12-13-15)3-2-4-16/h5-6,8,16H,2-4,7H2,1H3. The lowest BCUT2D eigenvalue weighted by Crippen LogP contribution is -1.99. The Balaban J connectivity index is 1.97. The zero-order valence-electron chi connectivity index (χ0n) is 9.24. The fourth-order valence-electron chi connectivity index (χ4n) is 1.53. The highest BCUT2D eigenvalue weighted by atomic mass is 16.2. The van der Waals surface area contributed by atoms with Crippen molar-refractivity contribution in [3.8, 4) is 0 Å². The minimum Gasteiger partial charge on any atom is -0.396 e. The van der Waals surface area contributed by atoms with Gasteiger partial charge in [0.15, 0.2) is 0 Å². The highest BCUT2D eigenvalue weighted by Gasteiger charge is 2.02. The number of hydrogen-bond donors (Lipinski definition) is 1. The van der Waals surface area contributed by atoms with Crippen LogP contribution in [0.1, 0.15) is 17.7 Å². The molecule has 0 saturated carbocycles. The molecule has 0 atom stereocenters. The van der Waals surface area contributed by atoms with Gasteiger partial charge in [0, 0.05) is 31.6 Å². The number of aliphatic hydroxyl groups is 1. The summed E-state index contributed by atoms with van der Waals surface area (Å²) in [5.74, 6) is 0. The molecule has 16 heavy (non-hydrogen) atoms. The first kappa shape index (κ1) is 10.8.